The highest BCUT2D eigenvalue weighted by atomic mass is 16.6. The van der Waals surface area contributed by atoms with Gasteiger partial charge in [0.1, 0.15) is 0 Å². The van der Waals surface area contributed by atoms with E-state index in [9.17, 15) is 14.9 Å². The zero-order chi connectivity index (χ0) is 22.9. The SMILES string of the molecule is CC1(C)C[C@@](C)(c2ccc([N+](=O)[O-])cc2)c2ccccc2N1C(=O)/C=C/c1ccccc1. The van der Waals surface area contributed by atoms with E-state index in [2.05, 4.69) is 20.8 Å². The number of nitrogens with zero attached hydrogens (tertiary/aromatic N) is 2. The Balaban J connectivity index is 1.77. The van der Waals surface area contributed by atoms with Gasteiger partial charge in [0.25, 0.3) is 11.6 Å². The Hall–Kier alpha value is -3.73. The number of fused-ring (bicyclic) bond motifs is 1. The molecule has 0 aliphatic carbocycles. The number of carbonyl (C=O) groups excluding carboxylic acids is 1. The van der Waals surface area contributed by atoms with Gasteiger partial charge >= 0.3 is 0 Å². The minimum absolute atomic E-state index is 0.0722. The van der Waals surface area contributed by atoms with E-state index in [0.717, 1.165) is 22.4 Å². The van der Waals surface area contributed by atoms with Crippen molar-refractivity contribution in [1.82, 2.24) is 0 Å². The van der Waals surface area contributed by atoms with Crippen LogP contribution in [0.3, 0.4) is 0 Å². The first kappa shape index (κ1) is 21.5. The van der Waals surface area contributed by atoms with Crippen molar-refractivity contribution in [1.29, 1.82) is 0 Å². The second-order valence-electron chi connectivity index (χ2n) is 9.06. The van der Waals surface area contributed by atoms with Gasteiger partial charge in [0.15, 0.2) is 0 Å². The van der Waals surface area contributed by atoms with Crippen LogP contribution in [0.5, 0.6) is 0 Å². The molecular weight excluding hydrogens is 400 g/mol. The third kappa shape index (κ3) is 3.82. The Kier molecular flexibility index (Phi) is 5.43. The molecule has 3 aromatic rings. The molecule has 1 atom stereocenters. The highest BCUT2D eigenvalue weighted by Crippen LogP contribution is 2.50. The Morgan fingerprint density at radius 1 is 0.938 bits per heavy atom. The van der Waals surface area contributed by atoms with E-state index >= 15 is 0 Å². The summed E-state index contributed by atoms with van der Waals surface area (Å²) < 4.78 is 0. The maximum absolute atomic E-state index is 13.4. The van der Waals surface area contributed by atoms with Crippen LogP contribution in [-0.4, -0.2) is 16.4 Å². The molecule has 32 heavy (non-hydrogen) atoms. The molecule has 1 aliphatic rings. The third-order valence-electron chi connectivity index (χ3n) is 6.28. The van der Waals surface area contributed by atoms with Crippen molar-refractivity contribution in [3.05, 3.63) is 112 Å². The van der Waals surface area contributed by atoms with Crippen molar-refractivity contribution in [2.45, 2.75) is 38.1 Å². The number of nitro benzene ring substituents is 1. The largest absolute Gasteiger partial charge is 0.303 e. The predicted molar refractivity (Wildman–Crippen MR) is 128 cm³/mol. The van der Waals surface area contributed by atoms with Crippen LogP contribution in [0.15, 0.2) is 84.9 Å². The fourth-order valence-corrected chi connectivity index (χ4v) is 4.93. The van der Waals surface area contributed by atoms with Crippen LogP contribution in [0.4, 0.5) is 11.4 Å². The van der Waals surface area contributed by atoms with Gasteiger partial charge in [-0.2, -0.15) is 0 Å². The Bertz CT molecular complexity index is 1180. The molecule has 162 valence electrons. The van der Waals surface area contributed by atoms with Gasteiger partial charge in [-0.1, -0.05) is 67.6 Å². The summed E-state index contributed by atoms with van der Waals surface area (Å²) in [7, 11) is 0. The number of hydrogen-bond acceptors (Lipinski definition) is 3. The smallest absolute Gasteiger partial charge is 0.269 e. The van der Waals surface area contributed by atoms with Crippen molar-refractivity contribution in [3.8, 4) is 0 Å². The summed E-state index contributed by atoms with van der Waals surface area (Å²) >= 11 is 0. The lowest BCUT2D eigenvalue weighted by Gasteiger charge is -2.51. The molecule has 1 aliphatic heterocycles. The molecule has 1 heterocycles. The van der Waals surface area contributed by atoms with E-state index < -0.39 is 11.0 Å². The van der Waals surface area contributed by atoms with E-state index in [1.54, 1.807) is 18.2 Å². The zero-order valence-corrected chi connectivity index (χ0v) is 18.5. The Labute approximate surface area is 188 Å². The Morgan fingerprint density at radius 2 is 1.56 bits per heavy atom. The first-order valence-corrected chi connectivity index (χ1v) is 10.6. The van der Waals surface area contributed by atoms with Gasteiger partial charge < -0.3 is 4.90 Å². The fourth-order valence-electron chi connectivity index (χ4n) is 4.93. The Morgan fingerprint density at radius 3 is 2.22 bits per heavy atom. The molecule has 0 fully saturated rings. The van der Waals surface area contributed by atoms with Gasteiger partial charge in [-0.05, 0) is 49.1 Å². The van der Waals surface area contributed by atoms with E-state index in [-0.39, 0.29) is 16.5 Å². The summed E-state index contributed by atoms with van der Waals surface area (Å²) in [4.78, 5) is 26.0. The summed E-state index contributed by atoms with van der Waals surface area (Å²) in [5.74, 6) is -0.0722. The summed E-state index contributed by atoms with van der Waals surface area (Å²) in [5, 5.41) is 11.1. The molecule has 3 aromatic carbocycles. The number of hydrogen-bond donors (Lipinski definition) is 0. The average Bonchev–Trinajstić information content (AvgIpc) is 2.78. The first-order chi connectivity index (χ1) is 15.2. The van der Waals surface area contributed by atoms with E-state index in [1.807, 2.05) is 77.7 Å². The number of anilines is 1. The lowest BCUT2D eigenvalue weighted by Crippen LogP contribution is -2.55. The average molecular weight is 427 g/mol. The van der Waals surface area contributed by atoms with Crippen LogP contribution in [0, 0.1) is 10.1 Å². The van der Waals surface area contributed by atoms with Gasteiger partial charge in [-0.3, -0.25) is 14.9 Å². The monoisotopic (exact) mass is 426 g/mol. The molecule has 5 nitrogen and oxygen atoms in total. The lowest BCUT2D eigenvalue weighted by molar-refractivity contribution is -0.384. The molecule has 0 saturated carbocycles. The van der Waals surface area contributed by atoms with E-state index in [4.69, 9.17) is 0 Å². The van der Waals surface area contributed by atoms with Gasteiger partial charge in [0, 0.05) is 34.9 Å². The van der Waals surface area contributed by atoms with Crippen LogP contribution in [0.2, 0.25) is 0 Å². The molecule has 4 rings (SSSR count). The highest BCUT2D eigenvalue weighted by molar-refractivity contribution is 6.06. The molecule has 0 saturated heterocycles. The van der Waals surface area contributed by atoms with Gasteiger partial charge in [-0.25, -0.2) is 0 Å². The van der Waals surface area contributed by atoms with Crippen molar-refractivity contribution < 1.29 is 9.72 Å². The molecule has 0 spiro atoms. The van der Waals surface area contributed by atoms with Crippen LogP contribution in [0.1, 0.15) is 43.9 Å². The summed E-state index contributed by atoms with van der Waals surface area (Å²) in [6, 6.07) is 24.5. The van der Waals surface area contributed by atoms with Crippen molar-refractivity contribution >= 4 is 23.4 Å². The molecule has 1 amide bonds. The minimum Gasteiger partial charge on any atom is -0.303 e. The quantitative estimate of drug-likeness (QED) is 0.286. The van der Waals surface area contributed by atoms with Gasteiger partial charge in [0.2, 0.25) is 0 Å². The predicted octanol–water partition coefficient (Wildman–Crippen LogP) is 6.13. The molecule has 0 unspecified atom stereocenters. The number of carbonyl (C=O) groups is 1. The summed E-state index contributed by atoms with van der Waals surface area (Å²) in [6.45, 7) is 6.29. The lowest BCUT2D eigenvalue weighted by atomic mass is 9.65. The molecule has 0 N–H and O–H groups in total. The number of amides is 1. The van der Waals surface area contributed by atoms with E-state index in [1.165, 1.54) is 0 Å². The molecule has 5 heteroatoms. The zero-order valence-electron chi connectivity index (χ0n) is 18.5. The number of nitro groups is 1. The van der Waals surface area contributed by atoms with Crippen LogP contribution >= 0.6 is 0 Å². The van der Waals surface area contributed by atoms with Gasteiger partial charge in [0.05, 0.1) is 4.92 Å². The maximum Gasteiger partial charge on any atom is 0.269 e. The normalized spacial score (nSPS) is 19.5. The number of rotatable bonds is 4. The van der Waals surface area contributed by atoms with Crippen LogP contribution in [0.25, 0.3) is 6.08 Å². The summed E-state index contributed by atoms with van der Waals surface area (Å²) in [5.41, 5.74) is 3.08. The minimum atomic E-state index is -0.469. The van der Waals surface area contributed by atoms with Crippen molar-refractivity contribution in [2.24, 2.45) is 0 Å². The second kappa shape index (κ2) is 8.08. The van der Waals surface area contributed by atoms with Gasteiger partial charge in [-0.15, -0.1) is 0 Å². The first-order valence-electron chi connectivity index (χ1n) is 10.6. The third-order valence-corrected chi connectivity index (χ3v) is 6.28. The number of non-ortho nitro benzene ring substituents is 1. The second-order valence-corrected chi connectivity index (χ2v) is 9.06. The van der Waals surface area contributed by atoms with E-state index in [0.29, 0.717) is 6.42 Å². The molecule has 0 bridgehead atoms. The fraction of sp³-hybridized carbons (Fsp3) is 0.222. The van der Waals surface area contributed by atoms with Crippen molar-refractivity contribution in [3.63, 3.8) is 0 Å². The maximum atomic E-state index is 13.4. The molecule has 0 aromatic heterocycles. The standard InChI is InChI=1S/C27H26N2O3/c1-26(2)19-27(3,21-14-16-22(17-15-21)29(31)32)23-11-7-8-12-24(23)28(26)25(30)18-13-20-9-5-4-6-10-20/h4-18H,19H2,1-3H3/b18-13+/t27-/m0/s1. The van der Waals surface area contributed by atoms with Crippen LogP contribution < -0.4 is 4.90 Å². The van der Waals surface area contributed by atoms with Crippen LogP contribution in [-0.2, 0) is 10.2 Å². The molecular formula is C27H26N2O3. The number of benzene rings is 3. The summed E-state index contributed by atoms with van der Waals surface area (Å²) in [6.07, 6.45) is 4.15. The number of para-hydroxylation sites is 1. The van der Waals surface area contributed by atoms with Crippen molar-refractivity contribution in [2.75, 3.05) is 4.90 Å². The topological polar surface area (TPSA) is 63.5 Å². The highest BCUT2D eigenvalue weighted by Gasteiger charge is 2.47. The molecule has 0 radical (unpaired) electrons.